The number of carbonyl (C=O) groups is 1. The van der Waals surface area contributed by atoms with Crippen LogP contribution in [0.5, 0.6) is 0 Å². The quantitative estimate of drug-likeness (QED) is 0.797. The van der Waals surface area contributed by atoms with E-state index in [4.69, 9.17) is 4.74 Å². The predicted molar refractivity (Wildman–Crippen MR) is 91.8 cm³/mol. The van der Waals surface area contributed by atoms with Gasteiger partial charge >= 0.3 is 0 Å². The second-order valence-corrected chi connectivity index (χ2v) is 7.25. The van der Waals surface area contributed by atoms with Crippen LogP contribution in [0.25, 0.3) is 0 Å². The van der Waals surface area contributed by atoms with Crippen molar-refractivity contribution in [3.63, 3.8) is 0 Å². The maximum atomic E-state index is 12.9. The summed E-state index contributed by atoms with van der Waals surface area (Å²) >= 11 is 0. The molecule has 25 heavy (non-hydrogen) atoms. The minimum absolute atomic E-state index is 0.158. The van der Waals surface area contributed by atoms with E-state index in [1.807, 2.05) is 17.2 Å². The van der Waals surface area contributed by atoms with E-state index >= 15 is 0 Å². The van der Waals surface area contributed by atoms with Crippen LogP contribution in [0.1, 0.15) is 12.0 Å². The van der Waals surface area contributed by atoms with Crippen molar-refractivity contribution in [2.24, 2.45) is 0 Å². The van der Waals surface area contributed by atoms with Crippen molar-refractivity contribution in [1.82, 2.24) is 19.7 Å². The number of β-amino-alcohol motifs (C(OH)–C–C–N with tert-alkyl or cyclic N) is 1. The van der Waals surface area contributed by atoms with Crippen molar-refractivity contribution in [2.75, 3.05) is 45.9 Å². The van der Waals surface area contributed by atoms with Crippen molar-refractivity contribution in [3.05, 3.63) is 30.1 Å². The average molecular weight is 346 g/mol. The number of carbonyl (C=O) groups excluding carboxylic acids is 1. The molecule has 3 saturated heterocycles. The monoisotopic (exact) mass is 346 g/mol. The number of hydrogen-bond acceptors (Lipinski definition) is 6. The molecule has 0 bridgehead atoms. The molecule has 4 rings (SSSR count). The fourth-order valence-corrected chi connectivity index (χ4v) is 4.11. The van der Waals surface area contributed by atoms with Gasteiger partial charge in [-0.25, -0.2) is 0 Å². The van der Waals surface area contributed by atoms with E-state index in [-0.39, 0.29) is 11.9 Å². The molecule has 7 nitrogen and oxygen atoms in total. The molecule has 4 heterocycles. The van der Waals surface area contributed by atoms with Crippen LogP contribution < -0.4 is 0 Å². The van der Waals surface area contributed by atoms with Gasteiger partial charge in [-0.3, -0.25) is 19.6 Å². The number of likely N-dealkylation sites (tertiary alicyclic amines) is 2. The Balaban J connectivity index is 1.34. The van der Waals surface area contributed by atoms with Gasteiger partial charge in [-0.2, -0.15) is 0 Å². The summed E-state index contributed by atoms with van der Waals surface area (Å²) in [7, 11) is 0. The minimum Gasteiger partial charge on any atom is -0.392 e. The molecule has 0 aromatic carbocycles. The molecule has 3 aliphatic heterocycles. The van der Waals surface area contributed by atoms with Crippen LogP contribution >= 0.6 is 0 Å². The zero-order valence-electron chi connectivity index (χ0n) is 14.5. The number of amides is 1. The Morgan fingerprint density at radius 2 is 2.08 bits per heavy atom. The van der Waals surface area contributed by atoms with E-state index in [1.54, 1.807) is 6.20 Å². The molecule has 1 amide bonds. The molecule has 0 unspecified atom stereocenters. The fraction of sp³-hybridized carbons (Fsp3) is 0.667. The Kier molecular flexibility index (Phi) is 4.98. The average Bonchev–Trinajstić information content (AvgIpc) is 3.00. The SMILES string of the molecule is O=C([C@@H]1C[C@@H](O)CN1C1CN(Cc2cccnc2)C1)N1CCOCC1. The molecule has 136 valence electrons. The van der Waals surface area contributed by atoms with Crippen LogP contribution in [0, 0.1) is 0 Å². The van der Waals surface area contributed by atoms with Gasteiger partial charge in [-0.05, 0) is 18.1 Å². The number of ether oxygens (including phenoxy) is 1. The Labute approximate surface area is 148 Å². The van der Waals surface area contributed by atoms with Crippen LogP contribution in [0.4, 0.5) is 0 Å². The van der Waals surface area contributed by atoms with Gasteiger partial charge in [0.1, 0.15) is 0 Å². The lowest BCUT2D eigenvalue weighted by molar-refractivity contribution is -0.142. The van der Waals surface area contributed by atoms with E-state index in [9.17, 15) is 9.90 Å². The fourth-order valence-electron chi connectivity index (χ4n) is 4.11. The summed E-state index contributed by atoms with van der Waals surface area (Å²) in [6, 6.07) is 4.22. The van der Waals surface area contributed by atoms with Gasteiger partial charge < -0.3 is 14.7 Å². The highest BCUT2D eigenvalue weighted by atomic mass is 16.5. The number of aliphatic hydroxyl groups excluding tert-OH is 1. The van der Waals surface area contributed by atoms with Gasteiger partial charge in [0.05, 0.1) is 25.4 Å². The van der Waals surface area contributed by atoms with Gasteiger partial charge in [0.2, 0.25) is 5.91 Å². The first-order valence-electron chi connectivity index (χ1n) is 9.12. The summed E-state index contributed by atoms with van der Waals surface area (Å²) < 4.78 is 5.34. The Morgan fingerprint density at radius 3 is 2.80 bits per heavy atom. The maximum Gasteiger partial charge on any atom is 0.240 e. The molecule has 0 spiro atoms. The first-order chi connectivity index (χ1) is 12.2. The lowest BCUT2D eigenvalue weighted by Crippen LogP contribution is -2.62. The lowest BCUT2D eigenvalue weighted by atomic mass is 10.0. The lowest BCUT2D eigenvalue weighted by Gasteiger charge is -2.46. The first kappa shape index (κ1) is 16.9. The number of hydrogen-bond donors (Lipinski definition) is 1. The number of pyridine rings is 1. The molecule has 3 aliphatic rings. The van der Waals surface area contributed by atoms with Crippen molar-refractivity contribution in [1.29, 1.82) is 0 Å². The third-order valence-electron chi connectivity index (χ3n) is 5.46. The summed E-state index contributed by atoms with van der Waals surface area (Å²) in [5, 5.41) is 10.1. The maximum absolute atomic E-state index is 12.9. The summed E-state index contributed by atoms with van der Waals surface area (Å²) in [5.74, 6) is 0.158. The van der Waals surface area contributed by atoms with E-state index in [2.05, 4.69) is 20.9 Å². The molecule has 3 fully saturated rings. The predicted octanol–water partition coefficient (Wildman–Crippen LogP) is -0.440. The second kappa shape index (κ2) is 7.37. The zero-order valence-corrected chi connectivity index (χ0v) is 14.5. The molecular formula is C18H26N4O3. The molecule has 1 aromatic heterocycles. The molecule has 0 aliphatic carbocycles. The Hall–Kier alpha value is -1.54. The summed E-state index contributed by atoms with van der Waals surface area (Å²) in [6.07, 6.45) is 3.84. The summed E-state index contributed by atoms with van der Waals surface area (Å²) in [5.41, 5.74) is 1.21. The van der Waals surface area contributed by atoms with Gasteiger partial charge in [-0.15, -0.1) is 0 Å². The Bertz CT molecular complexity index is 587. The van der Waals surface area contributed by atoms with Crippen LogP contribution in [-0.2, 0) is 16.1 Å². The standard InChI is InChI=1S/C18H26N4O3/c23-16-8-17(18(24)21-4-6-25-7-5-21)22(13-16)15-11-20(12-15)10-14-2-1-3-19-9-14/h1-3,9,15-17,23H,4-8,10-13H2/t16-,17+/m1/s1. The van der Waals surface area contributed by atoms with E-state index in [1.165, 1.54) is 5.56 Å². The van der Waals surface area contributed by atoms with Crippen molar-refractivity contribution in [3.8, 4) is 0 Å². The summed E-state index contributed by atoms with van der Waals surface area (Å²) in [4.78, 5) is 23.5. The normalized spacial score (nSPS) is 28.9. The van der Waals surface area contributed by atoms with E-state index in [0.717, 1.165) is 19.6 Å². The number of aliphatic hydroxyl groups is 1. The Morgan fingerprint density at radius 1 is 1.28 bits per heavy atom. The first-order valence-corrected chi connectivity index (χ1v) is 9.12. The van der Waals surface area contributed by atoms with Gasteiger partial charge in [0.25, 0.3) is 0 Å². The van der Waals surface area contributed by atoms with Crippen LogP contribution in [0.3, 0.4) is 0 Å². The highest BCUT2D eigenvalue weighted by Gasteiger charge is 2.44. The van der Waals surface area contributed by atoms with E-state index in [0.29, 0.717) is 45.3 Å². The van der Waals surface area contributed by atoms with Gasteiger partial charge in [0, 0.05) is 57.7 Å². The minimum atomic E-state index is -0.401. The van der Waals surface area contributed by atoms with Crippen molar-refractivity contribution < 1.29 is 14.6 Å². The summed E-state index contributed by atoms with van der Waals surface area (Å²) in [6.45, 7) is 5.93. The number of rotatable bonds is 4. The molecule has 0 radical (unpaired) electrons. The number of aromatic nitrogens is 1. The third kappa shape index (κ3) is 3.69. The van der Waals surface area contributed by atoms with Crippen LogP contribution in [-0.4, -0.2) is 94.8 Å². The zero-order chi connectivity index (χ0) is 17.2. The van der Waals surface area contributed by atoms with Crippen LogP contribution in [0.2, 0.25) is 0 Å². The second-order valence-electron chi connectivity index (χ2n) is 7.25. The molecular weight excluding hydrogens is 320 g/mol. The van der Waals surface area contributed by atoms with E-state index < -0.39 is 6.10 Å². The molecule has 2 atom stereocenters. The van der Waals surface area contributed by atoms with Crippen LogP contribution in [0.15, 0.2) is 24.5 Å². The van der Waals surface area contributed by atoms with Crippen molar-refractivity contribution in [2.45, 2.75) is 31.2 Å². The molecule has 7 heteroatoms. The van der Waals surface area contributed by atoms with Gasteiger partial charge in [-0.1, -0.05) is 6.07 Å². The largest absolute Gasteiger partial charge is 0.392 e. The topological polar surface area (TPSA) is 69.1 Å². The number of morpholine rings is 1. The smallest absolute Gasteiger partial charge is 0.240 e. The van der Waals surface area contributed by atoms with Gasteiger partial charge in [0.15, 0.2) is 0 Å². The third-order valence-corrected chi connectivity index (χ3v) is 5.46. The molecule has 0 saturated carbocycles. The molecule has 1 aromatic rings. The highest BCUT2D eigenvalue weighted by molar-refractivity contribution is 5.82. The highest BCUT2D eigenvalue weighted by Crippen LogP contribution is 2.28. The number of nitrogens with zero attached hydrogens (tertiary/aromatic N) is 4. The van der Waals surface area contributed by atoms with Crippen molar-refractivity contribution >= 4 is 5.91 Å². The molecule has 1 N–H and O–H groups in total.